The van der Waals surface area contributed by atoms with E-state index in [0.717, 1.165) is 22.4 Å². The Morgan fingerprint density at radius 1 is 1.03 bits per heavy atom. The summed E-state index contributed by atoms with van der Waals surface area (Å²) in [5.41, 5.74) is 3.10. The minimum absolute atomic E-state index is 0.0824. The van der Waals surface area contributed by atoms with Crippen molar-refractivity contribution in [3.63, 3.8) is 0 Å². The molecule has 3 aromatic carbocycles. The fourth-order valence-corrected chi connectivity index (χ4v) is 4.05. The summed E-state index contributed by atoms with van der Waals surface area (Å²) in [5.74, 6) is 0.182. The van der Waals surface area contributed by atoms with Crippen molar-refractivity contribution in [2.24, 2.45) is 0 Å². The maximum Gasteiger partial charge on any atom is 0.255 e. The quantitative estimate of drug-likeness (QED) is 0.528. The van der Waals surface area contributed by atoms with Crippen LogP contribution in [0.15, 0.2) is 66.7 Å². The Morgan fingerprint density at radius 2 is 1.73 bits per heavy atom. The number of hydrogen-bond donors (Lipinski definition) is 0. The number of ether oxygens (including phenoxy) is 1. The number of rotatable bonds is 5. The smallest absolute Gasteiger partial charge is 0.255 e. The van der Waals surface area contributed by atoms with E-state index in [0.29, 0.717) is 43.4 Å². The van der Waals surface area contributed by atoms with Gasteiger partial charge in [0.05, 0.1) is 17.1 Å². The summed E-state index contributed by atoms with van der Waals surface area (Å²) in [6.07, 6.45) is 0. The van der Waals surface area contributed by atoms with Crippen LogP contribution >= 0.6 is 11.6 Å². The summed E-state index contributed by atoms with van der Waals surface area (Å²) in [6.45, 7) is 3.48. The third-order valence-corrected chi connectivity index (χ3v) is 5.93. The molecule has 0 unspecified atom stereocenters. The first-order chi connectivity index (χ1) is 15.9. The van der Waals surface area contributed by atoms with Gasteiger partial charge in [0.1, 0.15) is 18.2 Å². The van der Waals surface area contributed by atoms with Crippen LogP contribution in [0.3, 0.4) is 0 Å². The molecule has 1 heterocycles. The van der Waals surface area contributed by atoms with E-state index in [-0.39, 0.29) is 17.6 Å². The van der Waals surface area contributed by atoms with Gasteiger partial charge >= 0.3 is 0 Å². The van der Waals surface area contributed by atoms with Gasteiger partial charge in [0, 0.05) is 32.1 Å². The van der Waals surface area contributed by atoms with Crippen LogP contribution in [0.2, 0.25) is 5.02 Å². The molecule has 0 aromatic heterocycles. The fourth-order valence-electron chi connectivity index (χ4n) is 3.83. The van der Waals surface area contributed by atoms with Gasteiger partial charge in [0.2, 0.25) is 5.91 Å². The molecule has 0 atom stereocenters. The molecule has 0 saturated carbocycles. The van der Waals surface area contributed by atoms with E-state index in [1.807, 2.05) is 18.2 Å². The lowest BCUT2D eigenvalue weighted by Crippen LogP contribution is -2.32. The molecule has 1 aliphatic rings. The molecule has 7 heteroatoms. The lowest BCUT2D eigenvalue weighted by Gasteiger charge is -2.23. The Morgan fingerprint density at radius 3 is 2.45 bits per heavy atom. The van der Waals surface area contributed by atoms with Crippen LogP contribution in [0.1, 0.15) is 34.0 Å². The van der Waals surface area contributed by atoms with Gasteiger partial charge in [0.15, 0.2) is 0 Å². The van der Waals surface area contributed by atoms with Gasteiger partial charge in [-0.15, -0.1) is 0 Å². The van der Waals surface area contributed by atoms with E-state index >= 15 is 0 Å². The summed E-state index contributed by atoms with van der Waals surface area (Å²) in [4.78, 5) is 28.7. The molecule has 0 fully saturated rings. The van der Waals surface area contributed by atoms with Gasteiger partial charge in [-0.05, 0) is 47.5 Å². The first kappa shape index (κ1) is 22.8. The predicted molar refractivity (Wildman–Crippen MR) is 124 cm³/mol. The molecule has 4 rings (SSSR count). The van der Waals surface area contributed by atoms with Crippen LogP contribution < -0.4 is 4.74 Å². The molecule has 3 aromatic rings. The molecule has 0 radical (unpaired) electrons. The number of halogens is 2. The first-order valence-corrected chi connectivity index (χ1v) is 11.1. The van der Waals surface area contributed by atoms with E-state index in [1.165, 1.54) is 19.1 Å². The first-order valence-electron chi connectivity index (χ1n) is 10.7. The molecule has 2 amide bonds. The van der Waals surface area contributed by atoms with Crippen LogP contribution in [-0.4, -0.2) is 34.8 Å². The highest BCUT2D eigenvalue weighted by atomic mass is 35.5. The van der Waals surface area contributed by atoms with E-state index in [4.69, 9.17) is 16.3 Å². The Bertz CT molecular complexity index is 1170. The highest BCUT2D eigenvalue weighted by Gasteiger charge is 2.23. The van der Waals surface area contributed by atoms with Gasteiger partial charge in [-0.1, -0.05) is 41.9 Å². The fraction of sp³-hybridized carbons (Fsp3) is 0.231. The van der Waals surface area contributed by atoms with E-state index in [1.54, 1.807) is 46.2 Å². The summed E-state index contributed by atoms with van der Waals surface area (Å²) in [5, 5.41) is 0.416. The highest BCUT2D eigenvalue weighted by Crippen LogP contribution is 2.27. The van der Waals surface area contributed by atoms with Gasteiger partial charge < -0.3 is 14.5 Å². The second-order valence-corrected chi connectivity index (χ2v) is 8.41. The molecule has 5 nitrogen and oxygen atoms in total. The maximum atomic E-state index is 13.2. The monoisotopic (exact) mass is 466 g/mol. The number of carbonyl (C=O) groups is 2. The van der Waals surface area contributed by atoms with Gasteiger partial charge in [0.25, 0.3) is 5.91 Å². The predicted octanol–water partition coefficient (Wildman–Crippen LogP) is 5.06. The number of fused-ring (bicyclic) bond motifs is 1. The van der Waals surface area contributed by atoms with Crippen molar-refractivity contribution >= 4 is 23.4 Å². The molecule has 0 spiro atoms. The van der Waals surface area contributed by atoms with Crippen LogP contribution in [-0.2, 0) is 24.4 Å². The summed E-state index contributed by atoms with van der Waals surface area (Å²) in [6, 6.07) is 18.9. The summed E-state index contributed by atoms with van der Waals surface area (Å²) < 4.78 is 19.1. The van der Waals surface area contributed by atoms with Gasteiger partial charge in [-0.25, -0.2) is 4.39 Å². The molecule has 0 bridgehead atoms. The second-order valence-electron chi connectivity index (χ2n) is 8.00. The number of nitrogens with zero attached hydrogens (tertiary/aromatic N) is 2. The van der Waals surface area contributed by atoms with E-state index in [9.17, 15) is 14.0 Å². The molecule has 0 aliphatic carbocycles. The van der Waals surface area contributed by atoms with Crippen molar-refractivity contribution in [2.75, 3.05) is 13.2 Å². The minimum Gasteiger partial charge on any atom is -0.491 e. The zero-order chi connectivity index (χ0) is 23.4. The summed E-state index contributed by atoms with van der Waals surface area (Å²) >= 11 is 6.23. The molecule has 170 valence electrons. The Balaban J connectivity index is 1.53. The lowest BCUT2D eigenvalue weighted by atomic mass is 10.1. The van der Waals surface area contributed by atoms with Crippen molar-refractivity contribution < 1.29 is 18.7 Å². The molecular formula is C26H24ClFN2O3. The van der Waals surface area contributed by atoms with Crippen molar-refractivity contribution in [3.05, 3.63) is 99.8 Å². The van der Waals surface area contributed by atoms with Crippen molar-refractivity contribution in [3.8, 4) is 5.75 Å². The topological polar surface area (TPSA) is 49.9 Å². The van der Waals surface area contributed by atoms with Crippen molar-refractivity contribution in [2.45, 2.75) is 26.6 Å². The molecule has 0 N–H and O–H groups in total. The number of benzene rings is 3. The van der Waals surface area contributed by atoms with Gasteiger partial charge in [-0.2, -0.15) is 0 Å². The Labute approximate surface area is 197 Å². The van der Waals surface area contributed by atoms with Crippen molar-refractivity contribution in [1.29, 1.82) is 0 Å². The van der Waals surface area contributed by atoms with Crippen LogP contribution in [0, 0.1) is 5.82 Å². The van der Waals surface area contributed by atoms with Crippen LogP contribution in [0.5, 0.6) is 5.75 Å². The third kappa shape index (κ3) is 5.52. The van der Waals surface area contributed by atoms with Gasteiger partial charge in [-0.3, -0.25) is 9.59 Å². The highest BCUT2D eigenvalue weighted by molar-refractivity contribution is 6.33. The van der Waals surface area contributed by atoms with Crippen LogP contribution in [0.25, 0.3) is 0 Å². The average Bonchev–Trinajstić information content (AvgIpc) is 3.02. The number of hydrogen-bond acceptors (Lipinski definition) is 3. The standard InChI is InChI=1S/C26H24ClFN2O3/c1-18(31)30(15-19-6-9-22(28)10-7-19)16-20-8-11-25-21(14-20)17-29(12-13-33-25)26(32)23-4-2-3-5-24(23)27/h2-11,14H,12-13,15-17H2,1H3. The normalized spacial score (nSPS) is 13.0. The molecule has 1 aliphatic heterocycles. The van der Waals surface area contributed by atoms with Crippen molar-refractivity contribution in [1.82, 2.24) is 9.80 Å². The third-order valence-electron chi connectivity index (χ3n) is 5.60. The maximum absolute atomic E-state index is 13.2. The Hall–Kier alpha value is -3.38. The van der Waals surface area contributed by atoms with Crippen LogP contribution in [0.4, 0.5) is 4.39 Å². The van der Waals surface area contributed by atoms with E-state index in [2.05, 4.69) is 0 Å². The average molecular weight is 467 g/mol. The number of amides is 2. The molecule has 33 heavy (non-hydrogen) atoms. The lowest BCUT2D eigenvalue weighted by molar-refractivity contribution is -0.130. The largest absolute Gasteiger partial charge is 0.491 e. The second kappa shape index (κ2) is 10.0. The molecular weight excluding hydrogens is 443 g/mol. The summed E-state index contributed by atoms with van der Waals surface area (Å²) in [7, 11) is 0. The molecule has 0 saturated heterocycles. The zero-order valence-electron chi connectivity index (χ0n) is 18.3. The Kier molecular flexibility index (Phi) is 6.94. The zero-order valence-corrected chi connectivity index (χ0v) is 19.0. The van der Waals surface area contributed by atoms with E-state index < -0.39 is 0 Å². The number of carbonyl (C=O) groups excluding carboxylic acids is 2. The SMILES string of the molecule is CC(=O)N(Cc1ccc(F)cc1)Cc1ccc2c(c1)CN(C(=O)c1ccccc1Cl)CCO2. The minimum atomic E-state index is -0.310.